The van der Waals surface area contributed by atoms with Crippen molar-refractivity contribution in [2.24, 2.45) is 11.1 Å². The number of likely N-dealkylation sites (N-methyl/N-ethyl adjacent to an activating group) is 1. The van der Waals surface area contributed by atoms with E-state index in [0.29, 0.717) is 49.8 Å². The summed E-state index contributed by atoms with van der Waals surface area (Å²) in [6, 6.07) is 8.41. The van der Waals surface area contributed by atoms with E-state index in [-0.39, 0.29) is 47.9 Å². The third-order valence-corrected chi connectivity index (χ3v) is 9.88. The Balaban J connectivity index is 1.35. The molecule has 7 N–H and O–H groups in total. The quantitative estimate of drug-likeness (QED) is 0.0714. The van der Waals surface area contributed by atoms with Crippen LogP contribution >= 0.6 is 24.0 Å². The number of thioether (sulfide) groups is 1. The molecule has 0 aromatic heterocycles. The van der Waals surface area contributed by atoms with Gasteiger partial charge in [0.05, 0.1) is 48.0 Å². The summed E-state index contributed by atoms with van der Waals surface area (Å²) in [5.41, 5.74) is 7.20. The lowest BCUT2D eigenvalue weighted by molar-refractivity contribution is -0.142. The van der Waals surface area contributed by atoms with Gasteiger partial charge in [-0.25, -0.2) is 0 Å². The van der Waals surface area contributed by atoms with Crippen LogP contribution in [0.3, 0.4) is 0 Å². The summed E-state index contributed by atoms with van der Waals surface area (Å²) >= 11 is 7.23. The smallest absolute Gasteiger partial charge is 0.246 e. The average molecular weight is 678 g/mol. The zero-order valence-corrected chi connectivity index (χ0v) is 29.0. The number of benzene rings is 1. The number of thiocarbonyl (C=S) groups is 1. The first-order valence-electron chi connectivity index (χ1n) is 15.9. The molecule has 0 radical (unpaired) electrons. The van der Waals surface area contributed by atoms with Crippen LogP contribution in [0.2, 0.25) is 0 Å². The fourth-order valence-electron chi connectivity index (χ4n) is 5.54. The van der Waals surface area contributed by atoms with Gasteiger partial charge in [-0.3, -0.25) is 14.4 Å². The van der Waals surface area contributed by atoms with Gasteiger partial charge in [0.2, 0.25) is 18.2 Å². The van der Waals surface area contributed by atoms with E-state index in [1.165, 1.54) is 0 Å². The summed E-state index contributed by atoms with van der Waals surface area (Å²) in [6.45, 7) is 8.42. The van der Waals surface area contributed by atoms with Crippen LogP contribution in [-0.2, 0) is 23.9 Å². The van der Waals surface area contributed by atoms with Crippen molar-refractivity contribution in [1.82, 2.24) is 31.5 Å². The fourth-order valence-corrected chi connectivity index (χ4v) is 7.38. The molecular formula is C32H51N7O5S2. The molecule has 2 fully saturated rings. The molecule has 2 aliphatic heterocycles. The second kappa shape index (κ2) is 19.0. The Morgan fingerprint density at radius 3 is 2.70 bits per heavy atom. The van der Waals surface area contributed by atoms with E-state index in [4.69, 9.17) is 27.4 Å². The number of fused-ring (bicyclic) bond motifs is 1. The number of rotatable bonds is 19. The van der Waals surface area contributed by atoms with Crippen molar-refractivity contribution in [2.75, 3.05) is 52.3 Å². The molecule has 1 aromatic carbocycles. The second-order valence-corrected chi connectivity index (χ2v) is 13.9. The zero-order chi connectivity index (χ0) is 33.5. The molecule has 0 bridgehead atoms. The highest BCUT2D eigenvalue weighted by molar-refractivity contribution is 7.99. The summed E-state index contributed by atoms with van der Waals surface area (Å²) in [6.07, 6.45) is 4.55. The maximum Gasteiger partial charge on any atom is 0.246 e. The Kier molecular flexibility index (Phi) is 15.5. The third-order valence-electron chi connectivity index (χ3n) is 8.16. The van der Waals surface area contributed by atoms with Crippen LogP contribution in [0, 0.1) is 5.41 Å². The minimum Gasteiger partial charge on any atom is -0.399 e. The second-order valence-electron chi connectivity index (χ2n) is 12.2. The maximum atomic E-state index is 13.7. The maximum absolute atomic E-state index is 13.7. The largest absolute Gasteiger partial charge is 0.399 e. The van der Waals surface area contributed by atoms with Crippen LogP contribution in [-0.4, -0.2) is 104 Å². The molecule has 5 atom stereocenters. The molecule has 2 saturated heterocycles. The van der Waals surface area contributed by atoms with Crippen molar-refractivity contribution >= 4 is 47.2 Å². The minimum atomic E-state index is -0.584. The predicted molar refractivity (Wildman–Crippen MR) is 186 cm³/mol. The number of nitrogens with two attached hydrogens (primary N) is 1. The number of hydrogen-bond donors (Lipinski definition) is 6. The van der Waals surface area contributed by atoms with Gasteiger partial charge in [-0.2, -0.15) is 0 Å². The number of hydrogen-bond acceptors (Lipinski definition) is 10. The Bertz CT molecular complexity index is 1170. The molecule has 2 aliphatic rings. The monoisotopic (exact) mass is 677 g/mol. The van der Waals surface area contributed by atoms with Gasteiger partial charge < -0.3 is 46.7 Å². The van der Waals surface area contributed by atoms with Gasteiger partial charge in [-0.05, 0) is 50.0 Å². The average Bonchev–Trinajstić information content (AvgIpc) is 3.23. The molecule has 0 spiro atoms. The minimum absolute atomic E-state index is 0.0498. The number of ether oxygens (including phenoxy) is 2. The van der Waals surface area contributed by atoms with Crippen molar-refractivity contribution in [3.05, 3.63) is 47.8 Å². The Morgan fingerprint density at radius 1 is 1.22 bits per heavy atom. The van der Waals surface area contributed by atoms with Gasteiger partial charge in [-0.1, -0.05) is 56.4 Å². The Morgan fingerprint density at radius 2 is 1.98 bits per heavy atom. The number of carbonyl (C=O) groups excluding carboxylic acids is 3. The molecule has 0 saturated carbocycles. The van der Waals surface area contributed by atoms with E-state index < -0.39 is 12.1 Å². The highest BCUT2D eigenvalue weighted by Crippen LogP contribution is 2.46. The van der Waals surface area contributed by atoms with Crippen molar-refractivity contribution in [2.45, 2.75) is 69.6 Å². The summed E-state index contributed by atoms with van der Waals surface area (Å²) in [4.78, 5) is 40.5. The van der Waals surface area contributed by atoms with Gasteiger partial charge in [0, 0.05) is 25.9 Å². The van der Waals surface area contributed by atoms with Crippen LogP contribution in [0.15, 0.2) is 42.2 Å². The van der Waals surface area contributed by atoms with Crippen molar-refractivity contribution < 1.29 is 23.9 Å². The highest BCUT2D eigenvalue weighted by atomic mass is 32.2. The number of nitrogens with one attached hydrogen (secondary N) is 5. The molecule has 1 unspecified atom stereocenters. The van der Waals surface area contributed by atoms with E-state index in [9.17, 15) is 14.4 Å². The fraction of sp³-hybridized carbons (Fsp3) is 0.625. The van der Waals surface area contributed by atoms with Crippen LogP contribution in [0.5, 0.6) is 0 Å². The summed E-state index contributed by atoms with van der Waals surface area (Å²) in [5.74, 6) is 0.555. The summed E-state index contributed by atoms with van der Waals surface area (Å²) < 4.78 is 11.4. The summed E-state index contributed by atoms with van der Waals surface area (Å²) in [5, 5.41) is 15.2. The first kappa shape index (κ1) is 37.5. The third kappa shape index (κ3) is 11.1. The van der Waals surface area contributed by atoms with Crippen LogP contribution < -0.4 is 32.3 Å². The zero-order valence-electron chi connectivity index (χ0n) is 27.4. The molecule has 14 heteroatoms. The lowest BCUT2D eigenvalue weighted by Gasteiger charge is -2.34. The molecule has 3 amide bonds. The topological polar surface area (TPSA) is 159 Å². The summed E-state index contributed by atoms with van der Waals surface area (Å²) in [7, 11) is 1.83. The van der Waals surface area contributed by atoms with Gasteiger partial charge >= 0.3 is 0 Å². The first-order chi connectivity index (χ1) is 22.1. The van der Waals surface area contributed by atoms with E-state index in [2.05, 4.69) is 26.6 Å². The van der Waals surface area contributed by atoms with E-state index in [0.717, 1.165) is 24.2 Å². The standard InChI is InChI=1S/C32H51N7O5S2/c1-22(34-4)30(45)38-25-11-16-46-27-17-32(2,3)28(39(27)31(25)42)29(41)36-13-15-44-19-24(33)18-35-12-8-14-43-20-26(37-21-40)23-9-6-5-7-10-23/h5-7,9-10,18,21-22,25-28,34-35H,8,11-17,19-20,33H2,1-4H3,(H,36,41)(H,37,40)(H,38,45)/b24-18-/t22-,25-,26+,27?,28+/m0/s1. The van der Waals surface area contributed by atoms with Crippen molar-refractivity contribution in [3.63, 3.8) is 0 Å². The van der Waals surface area contributed by atoms with E-state index in [1.54, 1.807) is 22.9 Å². The van der Waals surface area contributed by atoms with E-state index >= 15 is 0 Å². The lowest BCUT2D eigenvalue weighted by atomic mass is 9.84. The molecule has 256 valence electrons. The van der Waals surface area contributed by atoms with Gasteiger partial charge in [-0.15, -0.1) is 11.8 Å². The number of amides is 3. The first-order valence-corrected chi connectivity index (χ1v) is 17.3. The SMILES string of the molecule is CN[C@@H](C)C(=S)N[C@H]1CCSC2CC(C)(C)[C@@H](C(=O)NCCOC/C(N)=C/NCCCOC[C@@H](NC=O)c3ccccc3)N2C1=O. The Labute approximate surface area is 282 Å². The van der Waals surface area contributed by atoms with Crippen LogP contribution in [0.1, 0.15) is 51.6 Å². The van der Waals surface area contributed by atoms with Gasteiger partial charge in [0.15, 0.2) is 0 Å². The van der Waals surface area contributed by atoms with E-state index in [1.807, 2.05) is 58.2 Å². The molecular weight excluding hydrogens is 627 g/mol. The number of carbonyl (C=O) groups is 3. The molecule has 1 aromatic rings. The Hall–Kier alpha value is -2.91. The normalized spacial score (nSPS) is 22.3. The molecule has 0 aliphatic carbocycles. The highest BCUT2D eigenvalue weighted by Gasteiger charge is 2.54. The molecule has 2 heterocycles. The lowest BCUT2D eigenvalue weighted by Crippen LogP contribution is -2.57. The van der Waals surface area contributed by atoms with Gasteiger partial charge in [0.25, 0.3) is 0 Å². The predicted octanol–water partition coefficient (Wildman–Crippen LogP) is 1.39. The number of nitrogens with zero attached hydrogens (tertiary/aromatic N) is 1. The van der Waals surface area contributed by atoms with Gasteiger partial charge in [0.1, 0.15) is 12.1 Å². The van der Waals surface area contributed by atoms with Crippen molar-refractivity contribution in [1.29, 1.82) is 0 Å². The van der Waals surface area contributed by atoms with Crippen LogP contribution in [0.4, 0.5) is 0 Å². The molecule has 12 nitrogen and oxygen atoms in total. The van der Waals surface area contributed by atoms with Crippen LogP contribution in [0.25, 0.3) is 0 Å². The molecule has 46 heavy (non-hydrogen) atoms. The van der Waals surface area contributed by atoms with Crippen molar-refractivity contribution in [3.8, 4) is 0 Å². The molecule has 3 rings (SSSR count).